The molecule has 1 aromatic carbocycles. The van der Waals surface area contributed by atoms with Gasteiger partial charge in [-0.25, -0.2) is 0 Å². The maximum Gasteiger partial charge on any atom is 0.0973 e. The van der Waals surface area contributed by atoms with Crippen LogP contribution < -0.4 is 0 Å². The highest BCUT2D eigenvalue weighted by atomic mass is 35.5. The van der Waals surface area contributed by atoms with Gasteiger partial charge in [0.25, 0.3) is 0 Å². The van der Waals surface area contributed by atoms with Crippen molar-refractivity contribution in [3.8, 4) is 0 Å². The summed E-state index contributed by atoms with van der Waals surface area (Å²) in [5, 5.41) is 1.33. The number of unbranched alkanes of at least 4 members (excludes halogenated alkanes) is 4. The molecule has 1 nitrogen and oxygen atoms in total. The molecule has 0 saturated heterocycles. The molecule has 0 atom stereocenters. The van der Waals surface area contributed by atoms with Crippen molar-refractivity contribution in [2.45, 2.75) is 59.3 Å². The monoisotopic (exact) mass is 370 g/mol. The van der Waals surface area contributed by atoms with Crippen LogP contribution in [0.3, 0.4) is 0 Å². The fourth-order valence-electron chi connectivity index (χ4n) is 3.15. The summed E-state index contributed by atoms with van der Waals surface area (Å²) in [7, 11) is 0. The molecule has 0 amide bonds. The third kappa shape index (κ3) is 7.17. The number of hydrogen-bond donors (Lipinski definition) is 0. The standard InChI is InChI=1S/C21H34Cl2N/c1-4-7-8-9-11-17-24(5-2,6-3)18-12-10-14-19-15-13-16-20(22)21(19)23/h10,12-13,15-16H,4-9,11,14,17-18H2,1-3H3/q+1. The summed E-state index contributed by atoms with van der Waals surface area (Å²) >= 11 is 12.3. The van der Waals surface area contributed by atoms with Crippen molar-refractivity contribution in [1.82, 2.24) is 0 Å². The molecule has 0 unspecified atom stereocenters. The minimum absolute atomic E-state index is 0.641. The third-order valence-corrected chi connectivity index (χ3v) is 5.96. The second-order valence-electron chi connectivity index (χ2n) is 6.68. The molecule has 1 aromatic rings. The number of rotatable bonds is 12. The molecule has 3 heteroatoms. The van der Waals surface area contributed by atoms with Gasteiger partial charge >= 0.3 is 0 Å². The van der Waals surface area contributed by atoms with Gasteiger partial charge in [-0.15, -0.1) is 0 Å². The third-order valence-electron chi connectivity index (χ3n) is 5.11. The highest BCUT2D eigenvalue weighted by Gasteiger charge is 2.20. The first-order valence-electron chi connectivity index (χ1n) is 9.51. The number of quaternary nitrogens is 1. The largest absolute Gasteiger partial charge is 0.321 e. The molecule has 136 valence electrons. The van der Waals surface area contributed by atoms with Crippen LogP contribution in [0.15, 0.2) is 30.4 Å². The lowest BCUT2D eigenvalue weighted by atomic mass is 10.1. The summed E-state index contributed by atoms with van der Waals surface area (Å²) in [6, 6.07) is 5.85. The first-order chi connectivity index (χ1) is 11.6. The van der Waals surface area contributed by atoms with Crippen molar-refractivity contribution >= 4 is 23.2 Å². The van der Waals surface area contributed by atoms with Gasteiger partial charge in [-0.05, 0) is 50.8 Å². The van der Waals surface area contributed by atoms with Crippen LogP contribution in [0, 0.1) is 0 Å². The fourth-order valence-corrected chi connectivity index (χ4v) is 3.55. The molecule has 0 saturated carbocycles. The highest BCUT2D eigenvalue weighted by Crippen LogP contribution is 2.26. The molecular weight excluding hydrogens is 337 g/mol. The van der Waals surface area contributed by atoms with Gasteiger partial charge in [-0.1, -0.05) is 67.6 Å². The van der Waals surface area contributed by atoms with Gasteiger partial charge in [0.1, 0.15) is 0 Å². The summed E-state index contributed by atoms with van der Waals surface area (Å²) in [6.45, 7) is 11.7. The van der Waals surface area contributed by atoms with Crippen molar-refractivity contribution in [2.24, 2.45) is 0 Å². The minimum Gasteiger partial charge on any atom is -0.321 e. The zero-order chi connectivity index (χ0) is 17.8. The molecule has 0 spiro atoms. The molecule has 0 heterocycles. The molecule has 1 rings (SSSR count). The van der Waals surface area contributed by atoms with Crippen LogP contribution in [0.1, 0.15) is 58.4 Å². The zero-order valence-electron chi connectivity index (χ0n) is 15.7. The van der Waals surface area contributed by atoms with Crippen molar-refractivity contribution < 1.29 is 4.48 Å². The quantitative estimate of drug-likeness (QED) is 0.212. The van der Waals surface area contributed by atoms with E-state index < -0.39 is 0 Å². The van der Waals surface area contributed by atoms with E-state index in [1.54, 1.807) is 0 Å². The molecule has 24 heavy (non-hydrogen) atoms. The van der Waals surface area contributed by atoms with E-state index in [0.29, 0.717) is 10.0 Å². The van der Waals surface area contributed by atoms with Gasteiger partial charge in [0.2, 0.25) is 0 Å². The maximum atomic E-state index is 6.26. The lowest BCUT2D eigenvalue weighted by molar-refractivity contribution is -0.919. The van der Waals surface area contributed by atoms with Crippen molar-refractivity contribution in [3.05, 3.63) is 46.0 Å². The van der Waals surface area contributed by atoms with E-state index in [0.717, 1.165) is 18.5 Å². The van der Waals surface area contributed by atoms with Crippen molar-refractivity contribution in [2.75, 3.05) is 26.2 Å². The first kappa shape index (κ1) is 21.5. The van der Waals surface area contributed by atoms with Crippen LogP contribution in [0.2, 0.25) is 10.0 Å². The molecule has 0 bridgehead atoms. The number of nitrogens with zero attached hydrogens (tertiary/aromatic N) is 1. The van der Waals surface area contributed by atoms with Crippen molar-refractivity contribution in [1.29, 1.82) is 0 Å². The Labute approximate surface area is 159 Å². The van der Waals surface area contributed by atoms with E-state index in [-0.39, 0.29) is 0 Å². The molecule has 0 aliphatic heterocycles. The van der Waals surface area contributed by atoms with Crippen LogP contribution in [-0.4, -0.2) is 30.7 Å². The number of likely N-dealkylation sites (N-methyl/N-ethyl adjacent to an activating group) is 1. The highest BCUT2D eigenvalue weighted by molar-refractivity contribution is 6.42. The molecule has 0 aliphatic rings. The molecular formula is C21H34Cl2N+. The Hall–Kier alpha value is -0.500. The molecule has 0 aliphatic carbocycles. The SMILES string of the molecule is CCCCCCC[N+](CC)(CC)CC=CCc1cccc(Cl)c1Cl. The first-order valence-corrected chi connectivity index (χ1v) is 10.3. The summed E-state index contributed by atoms with van der Waals surface area (Å²) in [5.41, 5.74) is 1.10. The smallest absolute Gasteiger partial charge is 0.0973 e. The van der Waals surface area contributed by atoms with E-state index in [4.69, 9.17) is 23.2 Å². The van der Waals surface area contributed by atoms with E-state index in [1.807, 2.05) is 18.2 Å². The summed E-state index contributed by atoms with van der Waals surface area (Å²) in [4.78, 5) is 0. The normalized spacial score (nSPS) is 12.2. The minimum atomic E-state index is 0.641. The van der Waals surface area contributed by atoms with Crippen LogP contribution in [0.25, 0.3) is 0 Å². The Morgan fingerprint density at radius 3 is 2.29 bits per heavy atom. The van der Waals surface area contributed by atoms with E-state index in [1.165, 1.54) is 56.2 Å². The fraction of sp³-hybridized carbons (Fsp3) is 0.619. The van der Waals surface area contributed by atoms with Crippen molar-refractivity contribution in [3.63, 3.8) is 0 Å². The Morgan fingerprint density at radius 1 is 0.917 bits per heavy atom. The zero-order valence-corrected chi connectivity index (χ0v) is 17.2. The number of benzene rings is 1. The average molecular weight is 371 g/mol. The number of halogens is 2. The average Bonchev–Trinajstić information content (AvgIpc) is 2.60. The van der Waals surface area contributed by atoms with Gasteiger partial charge in [0, 0.05) is 0 Å². The second-order valence-corrected chi connectivity index (χ2v) is 7.47. The van der Waals surface area contributed by atoms with Gasteiger partial charge < -0.3 is 4.48 Å². The van der Waals surface area contributed by atoms with E-state index in [2.05, 4.69) is 32.9 Å². The van der Waals surface area contributed by atoms with Gasteiger partial charge in [-0.3, -0.25) is 0 Å². The summed E-state index contributed by atoms with van der Waals surface area (Å²) in [6.07, 6.45) is 12.2. The van der Waals surface area contributed by atoms with Gasteiger partial charge in [0.15, 0.2) is 0 Å². The van der Waals surface area contributed by atoms with Gasteiger partial charge in [-0.2, -0.15) is 0 Å². The Morgan fingerprint density at radius 2 is 1.62 bits per heavy atom. The Bertz CT molecular complexity index is 493. The lowest BCUT2D eigenvalue weighted by Crippen LogP contribution is -2.48. The maximum absolute atomic E-state index is 6.26. The van der Waals surface area contributed by atoms with Gasteiger partial charge in [0.05, 0.1) is 36.2 Å². The predicted octanol–water partition coefficient (Wildman–Crippen LogP) is 6.92. The number of hydrogen-bond acceptors (Lipinski definition) is 0. The molecule has 0 aromatic heterocycles. The molecule has 0 radical (unpaired) electrons. The summed E-state index contributed by atoms with van der Waals surface area (Å²) < 4.78 is 1.19. The predicted molar refractivity (Wildman–Crippen MR) is 109 cm³/mol. The lowest BCUT2D eigenvalue weighted by Gasteiger charge is -2.36. The van der Waals surface area contributed by atoms with Crippen LogP contribution in [-0.2, 0) is 6.42 Å². The molecule has 0 fully saturated rings. The Kier molecular flexibility index (Phi) is 10.7. The van der Waals surface area contributed by atoms with Crippen LogP contribution >= 0.6 is 23.2 Å². The van der Waals surface area contributed by atoms with E-state index >= 15 is 0 Å². The summed E-state index contributed by atoms with van der Waals surface area (Å²) in [5.74, 6) is 0. The number of allylic oxidation sites excluding steroid dienone is 1. The topological polar surface area (TPSA) is 0 Å². The van der Waals surface area contributed by atoms with E-state index in [9.17, 15) is 0 Å². The second kappa shape index (κ2) is 12.0. The Balaban J connectivity index is 2.50. The molecule has 0 N–H and O–H groups in total. The van der Waals surface area contributed by atoms with Crippen LogP contribution in [0.4, 0.5) is 0 Å². The van der Waals surface area contributed by atoms with Crippen LogP contribution in [0.5, 0.6) is 0 Å².